The average Bonchev–Trinajstić information content (AvgIpc) is 2.90. The Labute approximate surface area is 122 Å². The highest BCUT2D eigenvalue weighted by Crippen LogP contribution is 2.22. The number of hydrogen-bond acceptors (Lipinski definition) is 5. The lowest BCUT2D eigenvalue weighted by Crippen LogP contribution is -2.07. The van der Waals surface area contributed by atoms with Gasteiger partial charge in [0.2, 0.25) is 0 Å². The summed E-state index contributed by atoms with van der Waals surface area (Å²) in [6.07, 6.45) is 0.794. The van der Waals surface area contributed by atoms with Gasteiger partial charge in [-0.05, 0) is 25.5 Å². The standard InChI is InChI=1S/C15H17NO3S/c1-3-13-16-12(14(20-13)15(17)18-4-2)10-19-11-8-6-5-7-9-11/h5-9H,3-4,10H2,1-2H3. The van der Waals surface area contributed by atoms with Gasteiger partial charge in [-0.2, -0.15) is 0 Å². The van der Waals surface area contributed by atoms with Gasteiger partial charge in [0.1, 0.15) is 22.9 Å². The summed E-state index contributed by atoms with van der Waals surface area (Å²) in [5.41, 5.74) is 0.647. The van der Waals surface area contributed by atoms with Gasteiger partial charge in [-0.3, -0.25) is 0 Å². The highest BCUT2D eigenvalue weighted by atomic mass is 32.1. The lowest BCUT2D eigenvalue weighted by atomic mass is 10.3. The molecule has 0 spiro atoms. The molecular formula is C15H17NO3S. The number of para-hydroxylation sites is 1. The van der Waals surface area contributed by atoms with Gasteiger partial charge in [-0.25, -0.2) is 9.78 Å². The van der Waals surface area contributed by atoms with Gasteiger partial charge < -0.3 is 9.47 Å². The van der Waals surface area contributed by atoms with Gasteiger partial charge in [-0.1, -0.05) is 25.1 Å². The molecule has 0 radical (unpaired) electrons. The molecule has 0 unspecified atom stereocenters. The molecule has 5 heteroatoms. The normalized spacial score (nSPS) is 10.3. The van der Waals surface area contributed by atoms with E-state index in [-0.39, 0.29) is 12.6 Å². The first kappa shape index (κ1) is 14.5. The molecule has 0 saturated carbocycles. The molecule has 2 rings (SSSR count). The second-order valence-electron chi connectivity index (χ2n) is 4.06. The molecule has 0 atom stereocenters. The molecule has 0 bridgehead atoms. The van der Waals surface area contributed by atoms with Crippen molar-refractivity contribution in [2.75, 3.05) is 6.61 Å². The molecule has 0 aliphatic rings. The third-order valence-electron chi connectivity index (χ3n) is 2.62. The van der Waals surface area contributed by atoms with E-state index in [0.717, 1.165) is 17.2 Å². The van der Waals surface area contributed by atoms with E-state index >= 15 is 0 Å². The molecule has 4 nitrogen and oxygen atoms in total. The smallest absolute Gasteiger partial charge is 0.350 e. The maximum Gasteiger partial charge on any atom is 0.350 e. The summed E-state index contributed by atoms with van der Waals surface area (Å²) in [6, 6.07) is 9.48. The summed E-state index contributed by atoms with van der Waals surface area (Å²) in [7, 11) is 0. The number of aromatic nitrogens is 1. The molecule has 1 aromatic heterocycles. The van der Waals surface area contributed by atoms with Gasteiger partial charge in [0.15, 0.2) is 0 Å². The van der Waals surface area contributed by atoms with E-state index in [1.807, 2.05) is 37.3 Å². The minimum Gasteiger partial charge on any atom is -0.487 e. The van der Waals surface area contributed by atoms with E-state index in [9.17, 15) is 4.79 Å². The highest BCUT2D eigenvalue weighted by molar-refractivity contribution is 7.13. The van der Waals surface area contributed by atoms with E-state index in [1.165, 1.54) is 11.3 Å². The second kappa shape index (κ2) is 7.05. The van der Waals surface area contributed by atoms with Crippen LogP contribution in [0.4, 0.5) is 0 Å². The quantitative estimate of drug-likeness (QED) is 0.765. The Hall–Kier alpha value is -1.88. The fourth-order valence-corrected chi connectivity index (χ4v) is 2.57. The first-order chi connectivity index (χ1) is 9.74. The predicted octanol–water partition coefficient (Wildman–Crippen LogP) is 3.46. The number of rotatable bonds is 6. The van der Waals surface area contributed by atoms with Crippen molar-refractivity contribution < 1.29 is 14.3 Å². The lowest BCUT2D eigenvalue weighted by Gasteiger charge is -2.05. The number of ether oxygens (including phenoxy) is 2. The number of thiazole rings is 1. The Bertz CT molecular complexity index is 566. The number of carbonyl (C=O) groups is 1. The molecule has 0 amide bonds. The summed E-state index contributed by atoms with van der Waals surface area (Å²) in [5, 5.41) is 0.916. The topological polar surface area (TPSA) is 48.4 Å². The van der Waals surface area contributed by atoms with Crippen LogP contribution >= 0.6 is 11.3 Å². The summed E-state index contributed by atoms with van der Waals surface area (Å²) >= 11 is 1.38. The minimum atomic E-state index is -0.323. The number of nitrogens with zero attached hydrogens (tertiary/aromatic N) is 1. The van der Waals surface area contributed by atoms with Crippen LogP contribution < -0.4 is 4.74 Å². The Kier molecular flexibility index (Phi) is 5.12. The summed E-state index contributed by atoms with van der Waals surface area (Å²) in [6.45, 7) is 4.43. The number of esters is 1. The highest BCUT2D eigenvalue weighted by Gasteiger charge is 2.19. The van der Waals surface area contributed by atoms with Crippen LogP contribution in [0.3, 0.4) is 0 Å². The first-order valence-electron chi connectivity index (χ1n) is 6.58. The zero-order valence-corrected chi connectivity index (χ0v) is 12.4. The lowest BCUT2D eigenvalue weighted by molar-refractivity contribution is 0.0529. The second-order valence-corrected chi connectivity index (χ2v) is 5.14. The molecule has 2 aromatic rings. The molecule has 1 heterocycles. The van der Waals surface area contributed by atoms with E-state index < -0.39 is 0 Å². The summed E-state index contributed by atoms with van der Waals surface area (Å²) in [5.74, 6) is 0.435. The van der Waals surface area contributed by atoms with Crippen molar-refractivity contribution in [1.29, 1.82) is 0 Å². The Balaban J connectivity index is 2.13. The number of carbonyl (C=O) groups excluding carboxylic acids is 1. The van der Waals surface area contributed by atoms with E-state index in [0.29, 0.717) is 17.2 Å². The van der Waals surface area contributed by atoms with Crippen molar-refractivity contribution in [3.05, 3.63) is 45.9 Å². The zero-order chi connectivity index (χ0) is 14.4. The summed E-state index contributed by atoms with van der Waals surface area (Å²) < 4.78 is 10.7. The first-order valence-corrected chi connectivity index (χ1v) is 7.39. The average molecular weight is 291 g/mol. The third-order valence-corrected chi connectivity index (χ3v) is 3.85. The van der Waals surface area contributed by atoms with Crippen LogP contribution in [-0.2, 0) is 17.8 Å². The van der Waals surface area contributed by atoms with Crippen LogP contribution in [0.2, 0.25) is 0 Å². The van der Waals surface area contributed by atoms with Crippen LogP contribution in [0, 0.1) is 0 Å². The van der Waals surface area contributed by atoms with E-state index in [1.54, 1.807) is 6.92 Å². The molecule has 0 fully saturated rings. The Morgan fingerprint density at radius 1 is 1.25 bits per heavy atom. The maximum absolute atomic E-state index is 11.9. The van der Waals surface area contributed by atoms with Crippen LogP contribution in [0.15, 0.2) is 30.3 Å². The zero-order valence-electron chi connectivity index (χ0n) is 11.6. The maximum atomic E-state index is 11.9. The Morgan fingerprint density at radius 3 is 2.65 bits per heavy atom. The van der Waals surface area contributed by atoms with Gasteiger partial charge in [0.25, 0.3) is 0 Å². The van der Waals surface area contributed by atoms with Crippen LogP contribution in [0.25, 0.3) is 0 Å². The van der Waals surface area contributed by atoms with E-state index in [4.69, 9.17) is 9.47 Å². The molecule has 1 aromatic carbocycles. The number of hydrogen-bond donors (Lipinski definition) is 0. The van der Waals surface area contributed by atoms with E-state index in [2.05, 4.69) is 4.98 Å². The van der Waals surface area contributed by atoms with Gasteiger partial charge in [-0.15, -0.1) is 11.3 Å². The van der Waals surface area contributed by atoms with Gasteiger partial charge >= 0.3 is 5.97 Å². The van der Waals surface area contributed by atoms with Crippen molar-refractivity contribution >= 4 is 17.3 Å². The molecule has 0 aliphatic heterocycles. The fraction of sp³-hybridized carbons (Fsp3) is 0.333. The van der Waals surface area contributed by atoms with Crippen LogP contribution in [0.1, 0.15) is 34.2 Å². The SMILES string of the molecule is CCOC(=O)c1sc(CC)nc1COc1ccccc1. The van der Waals surface area contributed by atoms with Crippen molar-refractivity contribution in [2.24, 2.45) is 0 Å². The molecule has 20 heavy (non-hydrogen) atoms. The molecule has 0 saturated heterocycles. The van der Waals surface area contributed by atoms with Crippen molar-refractivity contribution in [1.82, 2.24) is 4.98 Å². The molecule has 106 valence electrons. The fourth-order valence-electron chi connectivity index (χ4n) is 1.67. The van der Waals surface area contributed by atoms with Crippen molar-refractivity contribution in [3.63, 3.8) is 0 Å². The van der Waals surface area contributed by atoms with Gasteiger partial charge in [0, 0.05) is 0 Å². The number of aryl methyl sites for hydroxylation is 1. The van der Waals surface area contributed by atoms with Crippen LogP contribution in [-0.4, -0.2) is 17.6 Å². The van der Waals surface area contributed by atoms with Crippen molar-refractivity contribution in [3.8, 4) is 5.75 Å². The van der Waals surface area contributed by atoms with Crippen molar-refractivity contribution in [2.45, 2.75) is 26.9 Å². The van der Waals surface area contributed by atoms with Gasteiger partial charge in [0.05, 0.1) is 11.6 Å². The van der Waals surface area contributed by atoms with Crippen LogP contribution in [0.5, 0.6) is 5.75 Å². The molecule has 0 N–H and O–H groups in total. The predicted molar refractivity (Wildman–Crippen MR) is 78.2 cm³/mol. The Morgan fingerprint density at radius 2 is 2.00 bits per heavy atom. The largest absolute Gasteiger partial charge is 0.487 e. The monoisotopic (exact) mass is 291 g/mol. The molecule has 0 aliphatic carbocycles. The number of benzene rings is 1. The summed E-state index contributed by atoms with van der Waals surface area (Å²) in [4.78, 5) is 16.9. The third kappa shape index (κ3) is 3.57. The minimum absolute atomic E-state index is 0.272. The molecular weight excluding hydrogens is 274 g/mol.